The van der Waals surface area contributed by atoms with Gasteiger partial charge in [-0.15, -0.1) is 0 Å². The second kappa shape index (κ2) is 12.5. The Labute approximate surface area is 167 Å². The van der Waals surface area contributed by atoms with E-state index in [0.717, 1.165) is 0 Å². The highest BCUT2D eigenvalue weighted by atomic mass is 16.6. The third-order valence-corrected chi connectivity index (χ3v) is 4.23. The minimum atomic E-state index is -0.989. The Morgan fingerprint density at radius 1 is 0.714 bits per heavy atom. The molecule has 0 rings (SSSR count). The highest BCUT2D eigenvalue weighted by molar-refractivity contribution is 5.86. The first-order valence-electron chi connectivity index (χ1n) is 9.46. The van der Waals surface area contributed by atoms with Crippen LogP contribution in [-0.4, -0.2) is 55.7 Å². The van der Waals surface area contributed by atoms with Crippen molar-refractivity contribution in [3.8, 4) is 0 Å². The van der Waals surface area contributed by atoms with Gasteiger partial charge in [0.15, 0.2) is 5.78 Å². The van der Waals surface area contributed by atoms with E-state index < -0.39 is 17.2 Å². The maximum Gasteiger partial charge on any atom is 0.306 e. The number of hydrogen-bond acceptors (Lipinski definition) is 8. The molecule has 0 aromatic carbocycles. The molecule has 0 saturated carbocycles. The highest BCUT2D eigenvalue weighted by Gasteiger charge is 2.30. The van der Waals surface area contributed by atoms with E-state index in [0.29, 0.717) is 19.3 Å². The van der Waals surface area contributed by atoms with Gasteiger partial charge in [0.2, 0.25) is 0 Å². The van der Waals surface area contributed by atoms with Gasteiger partial charge in [-0.05, 0) is 40.5 Å². The molecule has 0 aliphatic heterocycles. The van der Waals surface area contributed by atoms with E-state index >= 15 is 0 Å². The highest BCUT2D eigenvalue weighted by Crippen LogP contribution is 2.20. The zero-order valence-corrected chi connectivity index (χ0v) is 17.9. The number of esters is 3. The average Bonchev–Trinajstić information content (AvgIpc) is 2.60. The van der Waals surface area contributed by atoms with E-state index in [4.69, 9.17) is 9.47 Å². The van der Waals surface area contributed by atoms with Gasteiger partial charge in [-0.25, -0.2) is 0 Å². The van der Waals surface area contributed by atoms with Crippen molar-refractivity contribution >= 4 is 23.7 Å². The van der Waals surface area contributed by atoms with Gasteiger partial charge in [-0.1, -0.05) is 0 Å². The first kappa shape index (κ1) is 26.0. The molecule has 0 bridgehead atoms. The fraction of sp³-hybridized carbons (Fsp3) is 0.800. The van der Waals surface area contributed by atoms with Gasteiger partial charge in [0, 0.05) is 32.1 Å². The third-order valence-electron chi connectivity index (χ3n) is 4.23. The lowest BCUT2D eigenvalue weighted by Gasteiger charge is -2.29. The molecular weight excluding hydrogens is 368 g/mol. The van der Waals surface area contributed by atoms with Gasteiger partial charge in [0.05, 0.1) is 20.8 Å². The lowest BCUT2D eigenvalue weighted by molar-refractivity contribution is -0.161. The molecule has 0 atom stereocenters. The molecule has 0 N–H and O–H groups in total. The molecule has 0 spiro atoms. The SMILES string of the molecule is COC(=O)CCCC(=O)OC(C)(C)CCOC(C)(C)C(=O)CCCC(=O)OC. The van der Waals surface area contributed by atoms with Crippen LogP contribution < -0.4 is 0 Å². The van der Waals surface area contributed by atoms with Gasteiger partial charge in [0.1, 0.15) is 11.2 Å². The fourth-order valence-electron chi connectivity index (χ4n) is 2.32. The molecule has 0 radical (unpaired) electrons. The van der Waals surface area contributed by atoms with Crippen molar-refractivity contribution in [2.45, 2.75) is 83.8 Å². The van der Waals surface area contributed by atoms with Crippen LogP contribution in [0.3, 0.4) is 0 Å². The Hall–Kier alpha value is -1.96. The van der Waals surface area contributed by atoms with Gasteiger partial charge < -0.3 is 18.9 Å². The summed E-state index contributed by atoms with van der Waals surface area (Å²) in [5.41, 5.74) is -1.75. The van der Waals surface area contributed by atoms with Crippen LogP contribution >= 0.6 is 0 Å². The summed E-state index contributed by atoms with van der Waals surface area (Å²) in [6.45, 7) is 7.12. The maximum absolute atomic E-state index is 12.3. The Kier molecular flexibility index (Phi) is 11.6. The molecule has 0 unspecified atom stereocenters. The summed E-state index contributed by atoms with van der Waals surface area (Å²) in [6, 6.07) is 0. The molecule has 0 aromatic rings. The van der Waals surface area contributed by atoms with Gasteiger partial charge in [-0.3, -0.25) is 19.2 Å². The van der Waals surface area contributed by atoms with Crippen molar-refractivity contribution in [2.24, 2.45) is 0 Å². The summed E-state index contributed by atoms with van der Waals surface area (Å²) in [7, 11) is 2.61. The van der Waals surface area contributed by atoms with E-state index in [-0.39, 0.29) is 50.0 Å². The topological polar surface area (TPSA) is 105 Å². The van der Waals surface area contributed by atoms with Crippen LogP contribution in [0.5, 0.6) is 0 Å². The fourth-order valence-corrected chi connectivity index (χ4v) is 2.32. The predicted octanol–water partition coefficient (Wildman–Crippen LogP) is 2.75. The smallest absolute Gasteiger partial charge is 0.306 e. The lowest BCUT2D eigenvalue weighted by Crippen LogP contribution is -2.37. The number of methoxy groups -OCH3 is 2. The summed E-state index contributed by atoms with van der Waals surface area (Å²) in [5, 5.41) is 0. The molecular formula is C20H34O8. The second-order valence-electron chi connectivity index (χ2n) is 7.63. The Morgan fingerprint density at radius 2 is 1.18 bits per heavy atom. The summed E-state index contributed by atoms with van der Waals surface area (Å²) in [5.74, 6) is -1.21. The standard InChI is InChI=1S/C20H34O8/c1-19(2,28-18(24)12-8-11-17(23)26-6)13-14-27-20(3,4)15(21)9-7-10-16(22)25-5/h7-14H2,1-6H3. The molecule has 8 heteroatoms. The van der Waals surface area contributed by atoms with Crippen molar-refractivity contribution in [3.63, 3.8) is 0 Å². The van der Waals surface area contributed by atoms with Crippen LogP contribution in [-0.2, 0) is 38.1 Å². The number of carbonyl (C=O) groups excluding carboxylic acids is 4. The minimum absolute atomic E-state index is 0.103. The minimum Gasteiger partial charge on any atom is -0.469 e. The normalized spacial score (nSPS) is 11.6. The van der Waals surface area contributed by atoms with E-state index in [1.54, 1.807) is 27.7 Å². The van der Waals surface area contributed by atoms with Crippen molar-refractivity contribution in [2.75, 3.05) is 20.8 Å². The molecule has 0 fully saturated rings. The molecule has 0 heterocycles. The number of ether oxygens (including phenoxy) is 4. The van der Waals surface area contributed by atoms with Crippen LogP contribution in [0.1, 0.15) is 72.6 Å². The van der Waals surface area contributed by atoms with E-state index in [2.05, 4.69) is 9.47 Å². The lowest BCUT2D eigenvalue weighted by atomic mass is 9.98. The number of Topliss-reactive ketones (excluding diaryl/α,β-unsaturated/α-hetero) is 1. The number of rotatable bonds is 14. The summed E-state index contributed by atoms with van der Waals surface area (Å²) in [4.78, 5) is 46.3. The van der Waals surface area contributed by atoms with Crippen molar-refractivity contribution in [1.82, 2.24) is 0 Å². The summed E-state index contributed by atoms with van der Waals surface area (Å²) >= 11 is 0. The molecule has 0 amide bonds. The largest absolute Gasteiger partial charge is 0.469 e. The van der Waals surface area contributed by atoms with Gasteiger partial charge in [0.25, 0.3) is 0 Å². The third kappa shape index (κ3) is 11.7. The van der Waals surface area contributed by atoms with E-state index in [9.17, 15) is 19.2 Å². The summed E-state index contributed by atoms with van der Waals surface area (Å²) < 4.78 is 20.2. The second-order valence-corrected chi connectivity index (χ2v) is 7.63. The molecule has 0 aliphatic carbocycles. The van der Waals surface area contributed by atoms with Crippen LogP contribution in [0.2, 0.25) is 0 Å². The first-order chi connectivity index (χ1) is 12.9. The molecule has 28 heavy (non-hydrogen) atoms. The zero-order chi connectivity index (χ0) is 21.8. The molecule has 0 aromatic heterocycles. The predicted molar refractivity (Wildman–Crippen MR) is 102 cm³/mol. The number of ketones is 1. The van der Waals surface area contributed by atoms with Crippen molar-refractivity contribution in [3.05, 3.63) is 0 Å². The molecule has 162 valence electrons. The number of hydrogen-bond donors (Lipinski definition) is 0. The van der Waals surface area contributed by atoms with Gasteiger partial charge >= 0.3 is 17.9 Å². The molecule has 0 aliphatic rings. The van der Waals surface area contributed by atoms with Crippen LogP contribution in [0.15, 0.2) is 0 Å². The average molecular weight is 402 g/mol. The maximum atomic E-state index is 12.3. The quantitative estimate of drug-likeness (QED) is 0.323. The van der Waals surface area contributed by atoms with Gasteiger partial charge in [-0.2, -0.15) is 0 Å². The Morgan fingerprint density at radius 3 is 1.68 bits per heavy atom. The Balaban J connectivity index is 4.24. The molecule has 0 saturated heterocycles. The van der Waals surface area contributed by atoms with E-state index in [1.807, 2.05) is 0 Å². The monoisotopic (exact) mass is 402 g/mol. The van der Waals surface area contributed by atoms with Crippen molar-refractivity contribution in [1.29, 1.82) is 0 Å². The zero-order valence-electron chi connectivity index (χ0n) is 17.9. The van der Waals surface area contributed by atoms with Crippen LogP contribution in [0.4, 0.5) is 0 Å². The summed E-state index contributed by atoms with van der Waals surface area (Å²) in [6.07, 6.45) is 1.90. The van der Waals surface area contributed by atoms with E-state index in [1.165, 1.54) is 14.2 Å². The van der Waals surface area contributed by atoms with Crippen LogP contribution in [0, 0.1) is 0 Å². The number of carbonyl (C=O) groups is 4. The van der Waals surface area contributed by atoms with Crippen LogP contribution in [0.25, 0.3) is 0 Å². The molecule has 8 nitrogen and oxygen atoms in total. The first-order valence-corrected chi connectivity index (χ1v) is 9.46. The Bertz CT molecular complexity index is 536. The van der Waals surface area contributed by atoms with Crippen molar-refractivity contribution < 1.29 is 38.1 Å².